The number of halogens is 1. The van der Waals surface area contributed by atoms with Crippen molar-refractivity contribution in [3.8, 4) is 11.1 Å². The average Bonchev–Trinajstić information content (AvgIpc) is 2.89. The summed E-state index contributed by atoms with van der Waals surface area (Å²) < 4.78 is 40.3. The van der Waals surface area contributed by atoms with Gasteiger partial charge in [-0.25, -0.2) is 28.1 Å². The molecule has 3 N–H and O–H groups in total. The van der Waals surface area contributed by atoms with Crippen LogP contribution in [0.2, 0.25) is 0 Å². The Kier molecular flexibility index (Phi) is 7.96. The Bertz CT molecular complexity index is 1650. The van der Waals surface area contributed by atoms with Gasteiger partial charge in [-0.15, -0.1) is 0 Å². The van der Waals surface area contributed by atoms with Gasteiger partial charge >= 0.3 is 6.09 Å². The highest BCUT2D eigenvalue weighted by Gasteiger charge is 2.20. The number of carbonyl (C=O) groups is 2. The summed E-state index contributed by atoms with van der Waals surface area (Å²) in [5, 5.41) is 5.44. The van der Waals surface area contributed by atoms with E-state index >= 15 is 0 Å². The zero-order valence-corrected chi connectivity index (χ0v) is 23.1. The van der Waals surface area contributed by atoms with Crippen molar-refractivity contribution in [2.24, 2.45) is 0 Å². The molecular weight excluding hydrogens is 533 g/mol. The third kappa shape index (κ3) is 6.86. The fourth-order valence-corrected chi connectivity index (χ4v) is 4.84. The topological polar surface area (TPSA) is 134 Å². The van der Waals surface area contributed by atoms with Gasteiger partial charge < -0.3 is 10.1 Å². The van der Waals surface area contributed by atoms with Crippen molar-refractivity contribution in [3.63, 3.8) is 0 Å². The fourth-order valence-electron chi connectivity index (χ4n) is 3.65. The number of benzene rings is 3. The van der Waals surface area contributed by atoms with Gasteiger partial charge in [-0.2, -0.15) is 0 Å². The zero-order valence-electron chi connectivity index (χ0n) is 22.3. The molecule has 3 aromatic carbocycles. The third-order valence-electron chi connectivity index (χ3n) is 5.62. The van der Waals surface area contributed by atoms with Crippen LogP contribution in [0.4, 0.5) is 20.6 Å². The summed E-state index contributed by atoms with van der Waals surface area (Å²) in [7, 11) is -3.38. The standard InChI is InChI=1S/C29H28FN5O4S/c1-18-32-16-24(17-33-18)40(31,38)23-12-7-20(8-13-23)27(36)34-26-15-21(19-5-10-22(30)11-6-19)9-14-25(26)35-28(37)39-29(2,3)4/h5-17,31H,1-4H3,(H,34,36)(H,35,37). The maximum Gasteiger partial charge on any atom is 0.412 e. The molecule has 0 saturated carbocycles. The van der Waals surface area contributed by atoms with Crippen LogP contribution >= 0.6 is 0 Å². The van der Waals surface area contributed by atoms with Crippen molar-refractivity contribution < 1.29 is 22.9 Å². The Morgan fingerprint density at radius 1 is 0.850 bits per heavy atom. The van der Waals surface area contributed by atoms with E-state index in [1.807, 2.05) is 0 Å². The quantitative estimate of drug-likeness (QED) is 0.241. The van der Waals surface area contributed by atoms with Gasteiger partial charge in [-0.05, 0) is 87.4 Å². The highest BCUT2D eigenvalue weighted by molar-refractivity contribution is 7.92. The SMILES string of the molecule is Cc1ncc(S(=N)(=O)c2ccc(C(=O)Nc3cc(-c4ccc(F)cc4)ccc3NC(=O)OC(C)(C)C)cc2)cn1. The summed E-state index contributed by atoms with van der Waals surface area (Å²) in [6, 6.07) is 16.7. The normalized spacial score (nSPS) is 12.7. The van der Waals surface area contributed by atoms with Crippen LogP contribution in [0.25, 0.3) is 11.1 Å². The Labute approximate surface area is 231 Å². The first-order chi connectivity index (χ1) is 18.8. The summed E-state index contributed by atoms with van der Waals surface area (Å²) in [5.74, 6) is -0.393. The second-order valence-electron chi connectivity index (χ2n) is 9.89. The van der Waals surface area contributed by atoms with Crippen LogP contribution in [0.3, 0.4) is 0 Å². The summed E-state index contributed by atoms with van der Waals surface area (Å²) in [4.78, 5) is 34.0. The second kappa shape index (κ2) is 11.2. The van der Waals surface area contributed by atoms with Crippen molar-refractivity contribution in [1.29, 1.82) is 4.78 Å². The predicted octanol–water partition coefficient (Wildman–Crippen LogP) is 6.66. The molecule has 1 heterocycles. The highest BCUT2D eigenvalue weighted by Crippen LogP contribution is 2.30. The monoisotopic (exact) mass is 561 g/mol. The molecule has 0 aliphatic heterocycles. The molecule has 0 aliphatic carbocycles. The van der Waals surface area contributed by atoms with Crippen LogP contribution < -0.4 is 10.6 Å². The second-order valence-corrected chi connectivity index (χ2v) is 11.9. The fraction of sp³-hybridized carbons (Fsp3) is 0.172. The van der Waals surface area contributed by atoms with E-state index in [4.69, 9.17) is 9.52 Å². The minimum Gasteiger partial charge on any atom is -0.444 e. The van der Waals surface area contributed by atoms with Gasteiger partial charge in [-0.3, -0.25) is 10.1 Å². The number of anilines is 2. The molecule has 0 saturated heterocycles. The Morgan fingerprint density at radius 3 is 2.05 bits per heavy atom. The van der Waals surface area contributed by atoms with Crippen LogP contribution in [-0.4, -0.2) is 31.8 Å². The van der Waals surface area contributed by atoms with E-state index < -0.39 is 27.3 Å². The van der Waals surface area contributed by atoms with E-state index in [2.05, 4.69) is 20.6 Å². The van der Waals surface area contributed by atoms with Gasteiger partial charge in [0.1, 0.15) is 27.0 Å². The Hall–Kier alpha value is -4.64. The van der Waals surface area contributed by atoms with Crippen molar-refractivity contribution >= 4 is 33.1 Å². The maximum absolute atomic E-state index is 13.4. The number of nitrogens with zero attached hydrogens (tertiary/aromatic N) is 2. The van der Waals surface area contributed by atoms with E-state index in [1.54, 1.807) is 58.0 Å². The molecule has 206 valence electrons. The van der Waals surface area contributed by atoms with E-state index in [9.17, 15) is 18.2 Å². The number of aryl methyl sites for hydroxylation is 1. The number of aromatic nitrogens is 2. The summed E-state index contributed by atoms with van der Waals surface area (Å²) >= 11 is 0. The predicted molar refractivity (Wildman–Crippen MR) is 150 cm³/mol. The number of hydrogen-bond acceptors (Lipinski definition) is 7. The van der Waals surface area contributed by atoms with Gasteiger partial charge in [-0.1, -0.05) is 18.2 Å². The van der Waals surface area contributed by atoms with Gasteiger partial charge in [0, 0.05) is 18.0 Å². The van der Waals surface area contributed by atoms with E-state index in [0.717, 1.165) is 0 Å². The van der Waals surface area contributed by atoms with Gasteiger partial charge in [0.05, 0.1) is 21.2 Å². The first kappa shape index (κ1) is 28.4. The molecule has 0 bridgehead atoms. The summed E-state index contributed by atoms with van der Waals surface area (Å²) in [6.45, 7) is 6.89. The number of amides is 2. The lowest BCUT2D eigenvalue weighted by Crippen LogP contribution is -2.27. The Morgan fingerprint density at radius 2 is 1.45 bits per heavy atom. The zero-order chi connectivity index (χ0) is 29.1. The molecule has 9 nitrogen and oxygen atoms in total. The average molecular weight is 562 g/mol. The lowest BCUT2D eigenvalue weighted by Gasteiger charge is -2.21. The number of hydrogen-bond donors (Lipinski definition) is 3. The molecule has 2 amide bonds. The molecule has 11 heteroatoms. The third-order valence-corrected chi connectivity index (χ3v) is 7.43. The molecule has 0 spiro atoms. The molecule has 4 aromatic rings. The number of carbonyl (C=O) groups excluding carboxylic acids is 2. The van der Waals surface area contributed by atoms with E-state index in [0.29, 0.717) is 22.6 Å². The minimum atomic E-state index is -3.38. The number of ether oxygens (including phenoxy) is 1. The molecule has 1 atom stereocenters. The minimum absolute atomic E-state index is 0.158. The van der Waals surface area contributed by atoms with Gasteiger partial charge in [0.25, 0.3) is 5.91 Å². The lowest BCUT2D eigenvalue weighted by atomic mass is 10.0. The van der Waals surface area contributed by atoms with Gasteiger partial charge in [0.15, 0.2) is 0 Å². The van der Waals surface area contributed by atoms with E-state index in [1.165, 1.54) is 48.8 Å². The number of rotatable bonds is 6. The number of nitrogens with one attached hydrogen (secondary N) is 3. The molecule has 40 heavy (non-hydrogen) atoms. The van der Waals surface area contributed by atoms with Gasteiger partial charge in [0.2, 0.25) is 0 Å². The Balaban J connectivity index is 1.61. The smallest absolute Gasteiger partial charge is 0.412 e. The van der Waals surface area contributed by atoms with Crippen molar-refractivity contribution in [2.75, 3.05) is 10.6 Å². The molecule has 0 fully saturated rings. The van der Waals surface area contributed by atoms with Crippen LogP contribution in [0.1, 0.15) is 37.0 Å². The first-order valence-electron chi connectivity index (χ1n) is 12.2. The van der Waals surface area contributed by atoms with E-state index in [-0.39, 0.29) is 26.9 Å². The molecule has 0 radical (unpaired) electrons. The first-order valence-corrected chi connectivity index (χ1v) is 13.8. The molecule has 1 unspecified atom stereocenters. The lowest BCUT2D eigenvalue weighted by molar-refractivity contribution is 0.0635. The molecule has 1 aromatic heterocycles. The van der Waals surface area contributed by atoms with Crippen LogP contribution in [0.15, 0.2) is 88.9 Å². The van der Waals surface area contributed by atoms with Crippen molar-refractivity contribution in [2.45, 2.75) is 43.1 Å². The van der Waals surface area contributed by atoms with Crippen LogP contribution in [0, 0.1) is 17.5 Å². The molecular formula is C29H28FN5O4S. The summed E-state index contributed by atoms with van der Waals surface area (Å²) in [5.41, 5.74) is 1.45. The molecule has 0 aliphatic rings. The van der Waals surface area contributed by atoms with Crippen LogP contribution in [-0.2, 0) is 14.5 Å². The maximum atomic E-state index is 13.4. The highest BCUT2D eigenvalue weighted by atomic mass is 32.2. The van der Waals surface area contributed by atoms with Crippen molar-refractivity contribution in [3.05, 3.63) is 96.3 Å². The van der Waals surface area contributed by atoms with Crippen molar-refractivity contribution in [1.82, 2.24) is 9.97 Å². The largest absolute Gasteiger partial charge is 0.444 e. The summed E-state index contributed by atoms with van der Waals surface area (Å²) in [6.07, 6.45) is 2.00. The molecule has 4 rings (SSSR count). The van der Waals surface area contributed by atoms with Crippen LogP contribution in [0.5, 0.6) is 0 Å².